The van der Waals surface area contributed by atoms with Gasteiger partial charge in [-0.2, -0.15) is 0 Å². The lowest BCUT2D eigenvalue weighted by molar-refractivity contribution is -0.151. The van der Waals surface area contributed by atoms with Crippen LogP contribution in [0.1, 0.15) is 25.0 Å². The van der Waals surface area contributed by atoms with Crippen molar-refractivity contribution in [3.8, 4) is 0 Å². The van der Waals surface area contributed by atoms with Crippen molar-refractivity contribution in [2.24, 2.45) is 5.92 Å². The van der Waals surface area contributed by atoms with E-state index in [1.165, 1.54) is 6.92 Å². The monoisotopic (exact) mass is 234 g/mol. The summed E-state index contributed by atoms with van der Waals surface area (Å²) < 4.78 is 4.92. The highest BCUT2D eigenvalue weighted by atomic mass is 16.5. The molecule has 3 heteroatoms. The number of carbonyl (C=O) groups excluding carboxylic acids is 2. The highest BCUT2D eigenvalue weighted by Crippen LogP contribution is 2.15. The van der Waals surface area contributed by atoms with Crippen molar-refractivity contribution in [3.05, 3.63) is 35.4 Å². The molecule has 0 saturated carbocycles. The third kappa shape index (κ3) is 3.70. The first kappa shape index (κ1) is 13.4. The topological polar surface area (TPSA) is 43.4 Å². The lowest BCUT2D eigenvalue weighted by Crippen LogP contribution is -2.26. The molecule has 1 aromatic rings. The molecule has 0 unspecified atom stereocenters. The van der Waals surface area contributed by atoms with E-state index in [0.29, 0.717) is 13.0 Å². The highest BCUT2D eigenvalue weighted by molar-refractivity contribution is 5.98. The molecular formula is C14H18O3. The summed E-state index contributed by atoms with van der Waals surface area (Å²) in [5, 5.41) is 0. The summed E-state index contributed by atoms with van der Waals surface area (Å²) in [5.74, 6) is -1.26. The predicted molar refractivity (Wildman–Crippen MR) is 65.7 cm³/mol. The quantitative estimate of drug-likeness (QED) is 0.580. The van der Waals surface area contributed by atoms with Crippen molar-refractivity contribution in [2.45, 2.75) is 27.2 Å². The van der Waals surface area contributed by atoms with Gasteiger partial charge in [0.05, 0.1) is 6.61 Å². The third-order valence-electron chi connectivity index (χ3n) is 2.75. The number of aryl methyl sites for hydroxylation is 1. The zero-order valence-corrected chi connectivity index (χ0v) is 10.5. The van der Waals surface area contributed by atoms with Gasteiger partial charge >= 0.3 is 5.97 Å². The van der Waals surface area contributed by atoms with Crippen LogP contribution in [-0.2, 0) is 20.7 Å². The summed E-state index contributed by atoms with van der Waals surface area (Å²) in [7, 11) is 0. The average molecular weight is 234 g/mol. The van der Waals surface area contributed by atoms with E-state index in [1.54, 1.807) is 6.92 Å². The molecule has 1 rings (SSSR count). The van der Waals surface area contributed by atoms with Crippen LogP contribution in [0, 0.1) is 12.8 Å². The predicted octanol–water partition coefficient (Wildman–Crippen LogP) is 2.31. The number of Topliss-reactive ketones (excluding diaryl/α,β-unsaturated/α-hetero) is 1. The summed E-state index contributed by atoms with van der Waals surface area (Å²) in [6, 6.07) is 7.75. The Bertz CT molecular complexity index is 410. The maximum atomic E-state index is 11.7. The fourth-order valence-corrected chi connectivity index (χ4v) is 1.69. The first-order valence-electron chi connectivity index (χ1n) is 5.77. The van der Waals surface area contributed by atoms with Crippen molar-refractivity contribution >= 4 is 11.8 Å². The Morgan fingerprint density at radius 3 is 2.47 bits per heavy atom. The molecule has 92 valence electrons. The number of hydrogen-bond acceptors (Lipinski definition) is 3. The largest absolute Gasteiger partial charge is 0.465 e. The first-order chi connectivity index (χ1) is 8.06. The van der Waals surface area contributed by atoms with E-state index >= 15 is 0 Å². The molecule has 0 aromatic heterocycles. The van der Waals surface area contributed by atoms with Crippen LogP contribution in [0.5, 0.6) is 0 Å². The highest BCUT2D eigenvalue weighted by Gasteiger charge is 2.25. The van der Waals surface area contributed by atoms with Gasteiger partial charge in [-0.3, -0.25) is 9.59 Å². The second-order valence-electron chi connectivity index (χ2n) is 4.05. The van der Waals surface area contributed by atoms with Gasteiger partial charge in [0.1, 0.15) is 11.7 Å². The number of carbonyl (C=O) groups is 2. The molecule has 0 aliphatic heterocycles. The molecule has 3 nitrogen and oxygen atoms in total. The zero-order chi connectivity index (χ0) is 12.8. The van der Waals surface area contributed by atoms with Crippen molar-refractivity contribution in [2.75, 3.05) is 6.61 Å². The molecule has 0 aliphatic carbocycles. The fourth-order valence-electron chi connectivity index (χ4n) is 1.69. The van der Waals surface area contributed by atoms with Gasteiger partial charge in [0.25, 0.3) is 0 Å². The molecule has 0 spiro atoms. The maximum Gasteiger partial charge on any atom is 0.316 e. The normalized spacial score (nSPS) is 11.9. The van der Waals surface area contributed by atoms with Gasteiger partial charge in [0.15, 0.2) is 0 Å². The molecule has 0 amide bonds. The Balaban J connectivity index is 2.84. The zero-order valence-electron chi connectivity index (χ0n) is 10.5. The third-order valence-corrected chi connectivity index (χ3v) is 2.75. The van der Waals surface area contributed by atoms with E-state index in [-0.39, 0.29) is 5.78 Å². The van der Waals surface area contributed by atoms with Gasteiger partial charge < -0.3 is 4.74 Å². The Kier molecular flexibility index (Phi) is 4.88. The van der Waals surface area contributed by atoms with Gasteiger partial charge in [-0.15, -0.1) is 0 Å². The Hall–Kier alpha value is -1.64. The van der Waals surface area contributed by atoms with Gasteiger partial charge in [-0.1, -0.05) is 24.3 Å². The summed E-state index contributed by atoms with van der Waals surface area (Å²) in [6.45, 7) is 5.44. The fraction of sp³-hybridized carbons (Fsp3) is 0.429. The van der Waals surface area contributed by atoms with Gasteiger partial charge in [-0.05, 0) is 38.3 Å². The average Bonchev–Trinajstić information content (AvgIpc) is 2.27. The molecule has 0 bridgehead atoms. The molecule has 17 heavy (non-hydrogen) atoms. The van der Waals surface area contributed by atoms with Crippen molar-refractivity contribution < 1.29 is 14.3 Å². The lowest BCUT2D eigenvalue weighted by Gasteiger charge is -2.13. The van der Waals surface area contributed by atoms with E-state index < -0.39 is 11.9 Å². The van der Waals surface area contributed by atoms with Crippen LogP contribution < -0.4 is 0 Å². The molecule has 1 aromatic carbocycles. The van der Waals surface area contributed by atoms with E-state index in [1.807, 2.05) is 31.2 Å². The van der Waals surface area contributed by atoms with Crippen LogP contribution >= 0.6 is 0 Å². The minimum Gasteiger partial charge on any atom is -0.465 e. The smallest absolute Gasteiger partial charge is 0.316 e. The molecule has 1 atom stereocenters. The minimum atomic E-state index is -0.684. The number of rotatable bonds is 5. The Morgan fingerprint density at radius 2 is 1.94 bits per heavy atom. The molecule has 0 fully saturated rings. The lowest BCUT2D eigenvalue weighted by atomic mass is 9.93. The van der Waals surface area contributed by atoms with Crippen LogP contribution in [0.4, 0.5) is 0 Å². The number of benzene rings is 1. The van der Waals surface area contributed by atoms with Crippen molar-refractivity contribution in [3.63, 3.8) is 0 Å². The molecule has 0 heterocycles. The molecule has 0 radical (unpaired) electrons. The molecule has 0 N–H and O–H groups in total. The second kappa shape index (κ2) is 6.18. The Morgan fingerprint density at radius 1 is 1.29 bits per heavy atom. The van der Waals surface area contributed by atoms with Crippen LogP contribution in [0.25, 0.3) is 0 Å². The van der Waals surface area contributed by atoms with Crippen LogP contribution in [0.2, 0.25) is 0 Å². The molecular weight excluding hydrogens is 216 g/mol. The maximum absolute atomic E-state index is 11.7. The number of hydrogen-bond donors (Lipinski definition) is 0. The minimum absolute atomic E-state index is 0.147. The first-order valence-corrected chi connectivity index (χ1v) is 5.77. The van der Waals surface area contributed by atoms with E-state index in [4.69, 9.17) is 4.74 Å². The number of esters is 1. The Labute approximate surface area is 102 Å². The van der Waals surface area contributed by atoms with Gasteiger partial charge in [-0.25, -0.2) is 0 Å². The van der Waals surface area contributed by atoms with Gasteiger partial charge in [0, 0.05) is 0 Å². The molecule has 0 aliphatic rings. The van der Waals surface area contributed by atoms with E-state index in [9.17, 15) is 9.59 Å². The van der Waals surface area contributed by atoms with Crippen molar-refractivity contribution in [1.82, 2.24) is 0 Å². The van der Waals surface area contributed by atoms with Crippen LogP contribution in [0.3, 0.4) is 0 Å². The van der Waals surface area contributed by atoms with E-state index in [2.05, 4.69) is 0 Å². The summed E-state index contributed by atoms with van der Waals surface area (Å²) in [6.07, 6.45) is 0.418. The van der Waals surface area contributed by atoms with Crippen LogP contribution in [-0.4, -0.2) is 18.4 Å². The number of ketones is 1. The standard InChI is InChI=1S/C14H18O3/c1-4-17-14(16)13(11(3)15)9-12-8-6-5-7-10(12)2/h5-8,13H,4,9H2,1-3H3/t13-/m1/s1. The summed E-state index contributed by atoms with van der Waals surface area (Å²) in [4.78, 5) is 23.1. The summed E-state index contributed by atoms with van der Waals surface area (Å²) in [5.41, 5.74) is 2.10. The summed E-state index contributed by atoms with van der Waals surface area (Å²) >= 11 is 0. The van der Waals surface area contributed by atoms with E-state index in [0.717, 1.165) is 11.1 Å². The number of ether oxygens (including phenoxy) is 1. The SMILES string of the molecule is CCOC(=O)[C@H](Cc1ccccc1C)C(C)=O. The second-order valence-corrected chi connectivity index (χ2v) is 4.05. The van der Waals surface area contributed by atoms with Crippen molar-refractivity contribution in [1.29, 1.82) is 0 Å². The van der Waals surface area contributed by atoms with Gasteiger partial charge in [0.2, 0.25) is 0 Å². The molecule has 0 saturated heterocycles. The van der Waals surface area contributed by atoms with Crippen LogP contribution in [0.15, 0.2) is 24.3 Å².